The van der Waals surface area contributed by atoms with Crippen molar-refractivity contribution in [3.8, 4) is 5.75 Å². The van der Waals surface area contributed by atoms with Gasteiger partial charge < -0.3 is 20.1 Å². The number of ether oxygens (including phenoxy) is 2. The van der Waals surface area contributed by atoms with Gasteiger partial charge in [-0.3, -0.25) is 19.2 Å². The van der Waals surface area contributed by atoms with E-state index in [0.29, 0.717) is 16.9 Å². The highest BCUT2D eigenvalue weighted by Crippen LogP contribution is 2.21. The average molecular weight is 364 g/mol. The lowest BCUT2D eigenvalue weighted by molar-refractivity contribution is -0.148. The lowest BCUT2D eigenvalue weighted by Crippen LogP contribution is -2.41. The van der Waals surface area contributed by atoms with Crippen molar-refractivity contribution in [3.63, 3.8) is 0 Å². The van der Waals surface area contributed by atoms with Crippen LogP contribution in [-0.4, -0.2) is 49.9 Å². The molecule has 8 nitrogen and oxygen atoms in total. The molecule has 142 valence electrons. The summed E-state index contributed by atoms with van der Waals surface area (Å²) in [5, 5.41) is 4.98. The third kappa shape index (κ3) is 7.33. The second-order valence-corrected chi connectivity index (χ2v) is 5.92. The van der Waals surface area contributed by atoms with Gasteiger partial charge in [-0.25, -0.2) is 0 Å². The molecule has 0 spiro atoms. The first kappa shape index (κ1) is 21.1. The Bertz CT molecular complexity index is 684. The molecule has 26 heavy (non-hydrogen) atoms. The Labute approximate surface area is 152 Å². The number of methoxy groups -OCH3 is 1. The lowest BCUT2D eigenvalue weighted by Gasteiger charge is -2.11. The molecule has 2 N–H and O–H groups in total. The summed E-state index contributed by atoms with van der Waals surface area (Å²) in [7, 11) is 1.45. The van der Waals surface area contributed by atoms with Gasteiger partial charge in [0.05, 0.1) is 20.1 Å². The van der Waals surface area contributed by atoms with E-state index in [1.54, 1.807) is 32.0 Å². The number of nitrogens with one attached hydrogen (secondary N) is 2. The second kappa shape index (κ2) is 10.2. The van der Waals surface area contributed by atoms with Crippen molar-refractivity contribution >= 4 is 23.6 Å². The number of ketones is 1. The minimum absolute atomic E-state index is 0.0297. The Kier molecular flexibility index (Phi) is 8.27. The number of hydrogen-bond acceptors (Lipinski definition) is 6. The van der Waals surface area contributed by atoms with Crippen molar-refractivity contribution < 1.29 is 28.7 Å². The van der Waals surface area contributed by atoms with Crippen molar-refractivity contribution in [3.05, 3.63) is 29.3 Å². The highest BCUT2D eigenvalue weighted by atomic mass is 16.5. The Hall–Kier alpha value is -2.90. The third-order valence-electron chi connectivity index (χ3n) is 3.28. The largest absolute Gasteiger partial charge is 0.496 e. The number of rotatable bonds is 9. The number of amides is 2. The average Bonchev–Trinajstić information content (AvgIpc) is 2.57. The Morgan fingerprint density at radius 2 is 1.81 bits per heavy atom. The minimum atomic E-state index is -0.647. The van der Waals surface area contributed by atoms with Crippen LogP contribution in [0.4, 0.5) is 0 Å². The maximum absolute atomic E-state index is 11.9. The Balaban J connectivity index is 2.51. The fourth-order valence-electron chi connectivity index (χ4n) is 2.09. The summed E-state index contributed by atoms with van der Waals surface area (Å²) in [5.74, 6) is -1.25. The van der Waals surface area contributed by atoms with Crippen molar-refractivity contribution in [1.29, 1.82) is 0 Å². The van der Waals surface area contributed by atoms with Gasteiger partial charge in [0, 0.05) is 17.2 Å². The molecule has 0 saturated carbocycles. The molecule has 1 rings (SSSR count). The van der Waals surface area contributed by atoms with E-state index in [9.17, 15) is 19.2 Å². The van der Waals surface area contributed by atoms with Crippen LogP contribution in [0, 0.1) is 0 Å². The van der Waals surface area contributed by atoms with E-state index < -0.39 is 18.5 Å². The summed E-state index contributed by atoms with van der Waals surface area (Å²) in [6.07, 6.45) is -0.147. The number of carbonyl (C=O) groups excluding carboxylic acids is 4. The van der Waals surface area contributed by atoms with Gasteiger partial charge in [-0.05, 0) is 39.0 Å². The highest BCUT2D eigenvalue weighted by Gasteiger charge is 2.14. The van der Waals surface area contributed by atoms with Gasteiger partial charge in [-0.2, -0.15) is 0 Å². The first-order valence-electron chi connectivity index (χ1n) is 8.12. The van der Waals surface area contributed by atoms with Crippen LogP contribution >= 0.6 is 0 Å². The summed E-state index contributed by atoms with van der Waals surface area (Å²) in [6, 6.07) is 4.72. The summed E-state index contributed by atoms with van der Waals surface area (Å²) < 4.78 is 10.1. The SMILES string of the molecule is COc1ccc(C(C)=O)cc1CC(=O)OCC(=O)NCC(=O)NC(C)C. The van der Waals surface area contributed by atoms with Crippen molar-refractivity contribution in [2.45, 2.75) is 33.2 Å². The van der Waals surface area contributed by atoms with E-state index in [1.807, 2.05) is 0 Å². The molecule has 1 aromatic rings. The highest BCUT2D eigenvalue weighted by molar-refractivity contribution is 5.94. The molecular weight excluding hydrogens is 340 g/mol. The topological polar surface area (TPSA) is 111 Å². The molecule has 0 heterocycles. The molecular formula is C18H24N2O6. The van der Waals surface area contributed by atoms with Gasteiger partial charge in [0.2, 0.25) is 5.91 Å². The molecule has 0 radical (unpaired) electrons. The van der Waals surface area contributed by atoms with Gasteiger partial charge in [0.1, 0.15) is 5.75 Å². The molecule has 0 aliphatic carbocycles. The molecule has 0 bridgehead atoms. The second-order valence-electron chi connectivity index (χ2n) is 5.92. The van der Waals surface area contributed by atoms with Crippen LogP contribution in [0.3, 0.4) is 0 Å². The lowest BCUT2D eigenvalue weighted by atomic mass is 10.0. The van der Waals surface area contributed by atoms with Gasteiger partial charge >= 0.3 is 5.97 Å². The molecule has 0 aromatic heterocycles. The normalized spacial score (nSPS) is 10.2. The number of carbonyl (C=O) groups is 4. The van der Waals surface area contributed by atoms with Gasteiger partial charge in [-0.15, -0.1) is 0 Å². The van der Waals surface area contributed by atoms with E-state index in [4.69, 9.17) is 9.47 Å². The number of Topliss-reactive ketones (excluding diaryl/α,β-unsaturated/α-hetero) is 1. The zero-order valence-electron chi connectivity index (χ0n) is 15.4. The zero-order valence-corrected chi connectivity index (χ0v) is 15.4. The molecule has 0 aliphatic rings. The van der Waals surface area contributed by atoms with E-state index >= 15 is 0 Å². The van der Waals surface area contributed by atoms with E-state index in [1.165, 1.54) is 14.0 Å². The summed E-state index contributed by atoms with van der Waals surface area (Å²) >= 11 is 0. The number of esters is 1. The molecule has 0 saturated heterocycles. The molecule has 2 amide bonds. The summed E-state index contributed by atoms with van der Waals surface area (Å²) in [4.78, 5) is 46.4. The Morgan fingerprint density at radius 1 is 1.12 bits per heavy atom. The fourth-order valence-corrected chi connectivity index (χ4v) is 2.09. The van der Waals surface area contributed by atoms with Crippen LogP contribution in [0.2, 0.25) is 0 Å². The predicted molar refractivity (Wildman–Crippen MR) is 93.9 cm³/mol. The fraction of sp³-hybridized carbons (Fsp3) is 0.444. The van der Waals surface area contributed by atoms with E-state index in [2.05, 4.69) is 10.6 Å². The molecule has 0 aliphatic heterocycles. The molecule has 1 aromatic carbocycles. The number of benzene rings is 1. The van der Waals surface area contributed by atoms with Crippen LogP contribution < -0.4 is 15.4 Å². The maximum atomic E-state index is 11.9. The monoisotopic (exact) mass is 364 g/mol. The smallest absolute Gasteiger partial charge is 0.310 e. The molecule has 0 unspecified atom stereocenters. The van der Waals surface area contributed by atoms with Crippen LogP contribution in [-0.2, 0) is 25.5 Å². The first-order chi connectivity index (χ1) is 12.2. The van der Waals surface area contributed by atoms with Crippen LogP contribution in [0.5, 0.6) is 5.75 Å². The van der Waals surface area contributed by atoms with Crippen molar-refractivity contribution in [2.75, 3.05) is 20.3 Å². The maximum Gasteiger partial charge on any atom is 0.310 e. The van der Waals surface area contributed by atoms with Gasteiger partial charge in [-0.1, -0.05) is 0 Å². The van der Waals surface area contributed by atoms with Crippen molar-refractivity contribution in [2.24, 2.45) is 0 Å². The van der Waals surface area contributed by atoms with Crippen LogP contribution in [0.15, 0.2) is 18.2 Å². The Morgan fingerprint density at radius 3 is 2.38 bits per heavy atom. The third-order valence-corrected chi connectivity index (χ3v) is 3.28. The predicted octanol–water partition coefficient (Wildman–Crippen LogP) is 0.624. The molecule has 0 atom stereocenters. The zero-order chi connectivity index (χ0) is 19.7. The summed E-state index contributed by atoms with van der Waals surface area (Å²) in [5.41, 5.74) is 0.935. The summed E-state index contributed by atoms with van der Waals surface area (Å²) in [6.45, 7) is 4.34. The first-order valence-corrected chi connectivity index (χ1v) is 8.12. The molecule has 0 fully saturated rings. The minimum Gasteiger partial charge on any atom is -0.496 e. The van der Waals surface area contributed by atoms with Crippen molar-refractivity contribution in [1.82, 2.24) is 10.6 Å². The quantitative estimate of drug-likeness (QED) is 0.491. The van der Waals surface area contributed by atoms with Crippen LogP contribution in [0.25, 0.3) is 0 Å². The standard InChI is InChI=1S/C18H24N2O6/c1-11(2)20-16(22)9-19-17(23)10-26-18(24)8-14-7-13(12(3)21)5-6-15(14)25-4/h5-7,11H,8-10H2,1-4H3,(H,19,23)(H,20,22). The van der Waals surface area contributed by atoms with Gasteiger partial charge in [0.25, 0.3) is 5.91 Å². The van der Waals surface area contributed by atoms with Crippen LogP contribution in [0.1, 0.15) is 36.7 Å². The van der Waals surface area contributed by atoms with Gasteiger partial charge in [0.15, 0.2) is 12.4 Å². The van der Waals surface area contributed by atoms with E-state index in [0.717, 1.165) is 0 Å². The number of hydrogen-bond donors (Lipinski definition) is 2. The molecule has 8 heteroatoms. The van der Waals surface area contributed by atoms with E-state index in [-0.39, 0.29) is 30.7 Å².